The number of hydrogen-bond donors (Lipinski definition) is 1. The zero-order valence-corrected chi connectivity index (χ0v) is 9.34. The van der Waals surface area contributed by atoms with E-state index in [1.807, 2.05) is 6.92 Å². The predicted octanol–water partition coefficient (Wildman–Crippen LogP) is 3.36. The van der Waals surface area contributed by atoms with E-state index in [-0.39, 0.29) is 5.92 Å². The van der Waals surface area contributed by atoms with Gasteiger partial charge in [-0.1, -0.05) is 19.4 Å². The summed E-state index contributed by atoms with van der Waals surface area (Å²) < 4.78 is 26.0. The minimum atomic E-state index is -0.969. The maximum atomic E-state index is 13.1. The third-order valence-corrected chi connectivity index (χ3v) is 3.70. The van der Waals surface area contributed by atoms with Gasteiger partial charge in [0, 0.05) is 0 Å². The molecule has 1 aliphatic rings. The minimum absolute atomic E-state index is 0.150. The van der Waals surface area contributed by atoms with Gasteiger partial charge in [0.05, 0.1) is 5.60 Å². The van der Waals surface area contributed by atoms with Crippen LogP contribution in [0, 0.1) is 17.6 Å². The summed E-state index contributed by atoms with van der Waals surface area (Å²) in [5.41, 5.74) is -0.459. The monoisotopic (exact) mass is 226 g/mol. The Kier molecular flexibility index (Phi) is 2.98. The van der Waals surface area contributed by atoms with Crippen molar-refractivity contribution in [3.8, 4) is 0 Å². The van der Waals surface area contributed by atoms with Crippen molar-refractivity contribution < 1.29 is 13.9 Å². The predicted molar refractivity (Wildman–Crippen MR) is 57.9 cm³/mol. The normalized spacial score (nSPS) is 29.6. The molecule has 0 heterocycles. The Morgan fingerprint density at radius 3 is 2.75 bits per heavy atom. The topological polar surface area (TPSA) is 20.2 Å². The van der Waals surface area contributed by atoms with Gasteiger partial charge in [-0.15, -0.1) is 0 Å². The smallest absolute Gasteiger partial charge is 0.159 e. The Balaban J connectivity index is 2.38. The quantitative estimate of drug-likeness (QED) is 0.819. The van der Waals surface area contributed by atoms with Gasteiger partial charge in [-0.3, -0.25) is 0 Å². The molecule has 2 rings (SSSR count). The number of benzene rings is 1. The molecule has 0 aromatic heterocycles. The molecular formula is C13H16F2O. The Bertz CT molecular complexity index is 392. The standard InChI is InChI=1S/C13H16F2O/c1-2-9-4-3-7-13(9,16)10-5-6-11(14)12(15)8-10/h5-6,8-9,16H,2-4,7H2,1H3. The van der Waals surface area contributed by atoms with Crippen LogP contribution in [-0.4, -0.2) is 5.11 Å². The highest BCUT2D eigenvalue weighted by Gasteiger charge is 2.41. The first-order valence-corrected chi connectivity index (χ1v) is 5.76. The molecule has 0 spiro atoms. The molecule has 0 bridgehead atoms. The number of aliphatic hydroxyl groups is 1. The van der Waals surface area contributed by atoms with Gasteiger partial charge in [0.25, 0.3) is 0 Å². The van der Waals surface area contributed by atoms with Crippen molar-refractivity contribution in [1.82, 2.24) is 0 Å². The van der Waals surface area contributed by atoms with Crippen molar-refractivity contribution in [2.75, 3.05) is 0 Å². The fourth-order valence-corrected chi connectivity index (χ4v) is 2.75. The third kappa shape index (κ3) is 1.73. The van der Waals surface area contributed by atoms with Crippen molar-refractivity contribution in [2.24, 2.45) is 5.92 Å². The van der Waals surface area contributed by atoms with Gasteiger partial charge < -0.3 is 5.11 Å². The van der Waals surface area contributed by atoms with Gasteiger partial charge in [0.1, 0.15) is 0 Å². The van der Waals surface area contributed by atoms with Gasteiger partial charge in [0.15, 0.2) is 11.6 Å². The molecule has 1 nitrogen and oxygen atoms in total. The van der Waals surface area contributed by atoms with E-state index in [9.17, 15) is 13.9 Å². The Morgan fingerprint density at radius 1 is 1.38 bits per heavy atom. The lowest BCUT2D eigenvalue weighted by molar-refractivity contribution is -0.00421. The van der Waals surface area contributed by atoms with Crippen molar-refractivity contribution in [2.45, 2.75) is 38.2 Å². The van der Waals surface area contributed by atoms with Crippen LogP contribution in [0.25, 0.3) is 0 Å². The summed E-state index contributed by atoms with van der Waals surface area (Å²) in [4.78, 5) is 0. The van der Waals surface area contributed by atoms with Crippen LogP contribution in [0.4, 0.5) is 8.78 Å². The molecule has 1 aliphatic carbocycles. The fraction of sp³-hybridized carbons (Fsp3) is 0.538. The van der Waals surface area contributed by atoms with Gasteiger partial charge >= 0.3 is 0 Å². The van der Waals surface area contributed by atoms with Crippen molar-refractivity contribution in [3.05, 3.63) is 35.4 Å². The molecule has 16 heavy (non-hydrogen) atoms. The van der Waals surface area contributed by atoms with Crippen LogP contribution < -0.4 is 0 Å². The van der Waals surface area contributed by atoms with E-state index in [2.05, 4.69) is 0 Å². The van der Waals surface area contributed by atoms with E-state index in [1.54, 1.807) is 0 Å². The average molecular weight is 226 g/mol. The summed E-state index contributed by atoms with van der Waals surface area (Å²) in [5, 5.41) is 10.5. The average Bonchev–Trinajstić information content (AvgIpc) is 2.65. The summed E-state index contributed by atoms with van der Waals surface area (Å²) in [7, 11) is 0. The van der Waals surface area contributed by atoms with E-state index in [1.165, 1.54) is 6.07 Å². The second kappa shape index (κ2) is 4.13. The highest BCUT2D eigenvalue weighted by atomic mass is 19.2. The van der Waals surface area contributed by atoms with E-state index < -0.39 is 17.2 Å². The molecular weight excluding hydrogens is 210 g/mol. The Morgan fingerprint density at radius 2 is 2.12 bits per heavy atom. The molecule has 1 N–H and O–H groups in total. The summed E-state index contributed by atoms with van der Waals surface area (Å²) in [6, 6.07) is 3.71. The van der Waals surface area contributed by atoms with Gasteiger partial charge in [-0.2, -0.15) is 0 Å². The maximum absolute atomic E-state index is 13.1. The van der Waals surface area contributed by atoms with Gasteiger partial charge in [-0.25, -0.2) is 8.78 Å². The summed E-state index contributed by atoms with van der Waals surface area (Å²) in [6.45, 7) is 2.01. The molecule has 0 radical (unpaired) electrons. The van der Waals surface area contributed by atoms with Crippen molar-refractivity contribution >= 4 is 0 Å². The number of hydrogen-bond acceptors (Lipinski definition) is 1. The molecule has 0 amide bonds. The zero-order chi connectivity index (χ0) is 11.8. The molecule has 0 saturated heterocycles. The molecule has 3 heteroatoms. The molecule has 2 unspecified atom stereocenters. The van der Waals surface area contributed by atoms with E-state index in [0.717, 1.165) is 31.4 Å². The summed E-state index contributed by atoms with van der Waals surface area (Å²) >= 11 is 0. The lowest BCUT2D eigenvalue weighted by atomic mass is 9.82. The first-order chi connectivity index (χ1) is 7.58. The van der Waals surface area contributed by atoms with Crippen LogP contribution in [-0.2, 0) is 5.60 Å². The van der Waals surface area contributed by atoms with Crippen LogP contribution in [0.15, 0.2) is 18.2 Å². The molecule has 1 aromatic carbocycles. The van der Waals surface area contributed by atoms with Crippen molar-refractivity contribution in [3.63, 3.8) is 0 Å². The molecule has 0 aliphatic heterocycles. The molecule has 1 aromatic rings. The molecule has 2 atom stereocenters. The second-order valence-electron chi connectivity index (χ2n) is 4.55. The first kappa shape index (κ1) is 11.5. The maximum Gasteiger partial charge on any atom is 0.159 e. The summed E-state index contributed by atoms with van der Waals surface area (Å²) in [5.74, 6) is -1.59. The first-order valence-electron chi connectivity index (χ1n) is 5.76. The van der Waals surface area contributed by atoms with Crippen LogP contribution >= 0.6 is 0 Å². The molecule has 88 valence electrons. The SMILES string of the molecule is CCC1CCCC1(O)c1ccc(F)c(F)c1. The van der Waals surface area contributed by atoms with E-state index in [4.69, 9.17) is 0 Å². The van der Waals surface area contributed by atoms with Crippen LogP contribution in [0.3, 0.4) is 0 Å². The van der Waals surface area contributed by atoms with Gasteiger partial charge in [-0.05, 0) is 42.9 Å². The number of rotatable bonds is 2. The van der Waals surface area contributed by atoms with Crippen LogP contribution in [0.2, 0.25) is 0 Å². The van der Waals surface area contributed by atoms with E-state index >= 15 is 0 Å². The van der Waals surface area contributed by atoms with Gasteiger partial charge in [0.2, 0.25) is 0 Å². The highest BCUT2D eigenvalue weighted by Crippen LogP contribution is 2.45. The molecule has 1 saturated carbocycles. The van der Waals surface area contributed by atoms with E-state index in [0.29, 0.717) is 12.0 Å². The second-order valence-corrected chi connectivity index (χ2v) is 4.55. The zero-order valence-electron chi connectivity index (χ0n) is 9.34. The minimum Gasteiger partial charge on any atom is -0.385 e. The van der Waals surface area contributed by atoms with Crippen molar-refractivity contribution in [1.29, 1.82) is 0 Å². The van der Waals surface area contributed by atoms with Crippen LogP contribution in [0.5, 0.6) is 0 Å². The largest absolute Gasteiger partial charge is 0.385 e. The number of halogens is 2. The summed E-state index contributed by atoms with van der Waals surface area (Å²) in [6.07, 6.45) is 3.38. The lowest BCUT2D eigenvalue weighted by Crippen LogP contribution is -2.30. The fourth-order valence-electron chi connectivity index (χ4n) is 2.75. The molecule has 1 fully saturated rings. The third-order valence-electron chi connectivity index (χ3n) is 3.70. The van der Waals surface area contributed by atoms with Crippen LogP contribution in [0.1, 0.15) is 38.2 Å². The highest BCUT2D eigenvalue weighted by molar-refractivity contribution is 5.26. The lowest BCUT2D eigenvalue weighted by Gasteiger charge is -2.30. The Hall–Kier alpha value is -0.960. The Labute approximate surface area is 94.1 Å².